The molecule has 0 spiro atoms. The average molecular weight is 247 g/mol. The standard InChI is InChI=1S/C13H17N3O2/c1-11(7-9-14)15(2)10-8-12-3-5-13(6-4-12)16(17)18/h3-6,11H,7-8,10H2,1-2H3. The SMILES string of the molecule is CC(CC#N)N(C)CCc1ccc([N+](=O)[O-])cc1. The summed E-state index contributed by atoms with van der Waals surface area (Å²) in [4.78, 5) is 12.2. The number of nitriles is 1. The van der Waals surface area contributed by atoms with Crippen molar-refractivity contribution in [2.24, 2.45) is 0 Å². The van der Waals surface area contributed by atoms with E-state index in [9.17, 15) is 10.1 Å². The van der Waals surface area contributed by atoms with Crippen LogP contribution in [0.15, 0.2) is 24.3 Å². The lowest BCUT2D eigenvalue weighted by atomic mass is 10.1. The van der Waals surface area contributed by atoms with Gasteiger partial charge in [-0.25, -0.2) is 0 Å². The van der Waals surface area contributed by atoms with Gasteiger partial charge in [-0.05, 0) is 26.0 Å². The number of nitro benzene ring substituents is 1. The topological polar surface area (TPSA) is 70.2 Å². The van der Waals surface area contributed by atoms with E-state index in [0.29, 0.717) is 6.42 Å². The van der Waals surface area contributed by atoms with Crippen molar-refractivity contribution >= 4 is 5.69 Å². The highest BCUT2D eigenvalue weighted by molar-refractivity contribution is 5.32. The first-order chi connectivity index (χ1) is 8.54. The largest absolute Gasteiger partial charge is 0.302 e. The van der Waals surface area contributed by atoms with Crippen molar-refractivity contribution in [1.29, 1.82) is 5.26 Å². The van der Waals surface area contributed by atoms with E-state index in [0.717, 1.165) is 18.5 Å². The van der Waals surface area contributed by atoms with E-state index in [2.05, 4.69) is 11.0 Å². The van der Waals surface area contributed by atoms with Crippen LogP contribution in [-0.4, -0.2) is 29.5 Å². The third-order valence-corrected chi connectivity index (χ3v) is 3.04. The Morgan fingerprint density at radius 2 is 2.06 bits per heavy atom. The van der Waals surface area contributed by atoms with Gasteiger partial charge in [-0.2, -0.15) is 5.26 Å². The fourth-order valence-corrected chi connectivity index (χ4v) is 1.60. The zero-order valence-electron chi connectivity index (χ0n) is 10.7. The fourth-order valence-electron chi connectivity index (χ4n) is 1.60. The summed E-state index contributed by atoms with van der Waals surface area (Å²) in [5.41, 5.74) is 1.18. The van der Waals surface area contributed by atoms with Gasteiger partial charge in [-0.1, -0.05) is 12.1 Å². The van der Waals surface area contributed by atoms with Crippen molar-refractivity contribution in [1.82, 2.24) is 4.90 Å². The molecule has 0 bridgehead atoms. The molecule has 1 aromatic carbocycles. The van der Waals surface area contributed by atoms with Crippen LogP contribution in [0.25, 0.3) is 0 Å². The number of rotatable bonds is 6. The lowest BCUT2D eigenvalue weighted by Gasteiger charge is -2.22. The van der Waals surface area contributed by atoms with Crippen molar-refractivity contribution in [2.75, 3.05) is 13.6 Å². The second-order valence-corrected chi connectivity index (χ2v) is 4.37. The van der Waals surface area contributed by atoms with Crippen LogP contribution in [0.1, 0.15) is 18.9 Å². The van der Waals surface area contributed by atoms with Gasteiger partial charge in [0.25, 0.3) is 5.69 Å². The van der Waals surface area contributed by atoms with Crippen molar-refractivity contribution in [3.8, 4) is 6.07 Å². The van der Waals surface area contributed by atoms with Gasteiger partial charge in [-0.3, -0.25) is 10.1 Å². The summed E-state index contributed by atoms with van der Waals surface area (Å²) in [5, 5.41) is 19.1. The predicted octanol–water partition coefficient (Wildman–Crippen LogP) is 2.37. The second-order valence-electron chi connectivity index (χ2n) is 4.37. The minimum atomic E-state index is -0.398. The smallest absolute Gasteiger partial charge is 0.269 e. The van der Waals surface area contributed by atoms with Gasteiger partial charge < -0.3 is 4.90 Å². The highest BCUT2D eigenvalue weighted by atomic mass is 16.6. The average Bonchev–Trinajstić information content (AvgIpc) is 2.36. The Labute approximate surface area is 107 Å². The Bertz CT molecular complexity index is 437. The Balaban J connectivity index is 2.49. The number of hydrogen-bond acceptors (Lipinski definition) is 4. The van der Waals surface area contributed by atoms with Crippen LogP contribution in [-0.2, 0) is 6.42 Å². The summed E-state index contributed by atoms with van der Waals surface area (Å²) in [6.07, 6.45) is 1.33. The van der Waals surface area contributed by atoms with Crippen LogP contribution in [0.4, 0.5) is 5.69 Å². The maximum atomic E-state index is 10.5. The molecule has 0 amide bonds. The highest BCUT2D eigenvalue weighted by Gasteiger charge is 2.09. The molecule has 18 heavy (non-hydrogen) atoms. The van der Waals surface area contributed by atoms with Crippen LogP contribution >= 0.6 is 0 Å². The Kier molecular flexibility index (Phi) is 5.28. The van der Waals surface area contributed by atoms with Crippen molar-refractivity contribution in [3.05, 3.63) is 39.9 Å². The molecule has 0 radical (unpaired) electrons. The van der Waals surface area contributed by atoms with E-state index in [4.69, 9.17) is 5.26 Å². The number of hydrogen-bond donors (Lipinski definition) is 0. The summed E-state index contributed by atoms with van der Waals surface area (Å²) in [6, 6.07) is 8.98. The van der Waals surface area contributed by atoms with Gasteiger partial charge in [0.2, 0.25) is 0 Å². The van der Waals surface area contributed by atoms with Crippen LogP contribution in [0.2, 0.25) is 0 Å². The summed E-state index contributed by atoms with van der Waals surface area (Å²) in [6.45, 7) is 2.85. The van der Waals surface area contributed by atoms with Crippen LogP contribution in [0.3, 0.4) is 0 Å². The minimum Gasteiger partial charge on any atom is -0.302 e. The van der Waals surface area contributed by atoms with E-state index in [1.807, 2.05) is 14.0 Å². The molecular formula is C13H17N3O2. The molecule has 0 aliphatic rings. The van der Waals surface area contributed by atoms with E-state index < -0.39 is 4.92 Å². The molecular weight excluding hydrogens is 230 g/mol. The molecule has 5 nitrogen and oxygen atoms in total. The maximum Gasteiger partial charge on any atom is 0.269 e. The van der Waals surface area contributed by atoms with Crippen LogP contribution in [0.5, 0.6) is 0 Å². The van der Waals surface area contributed by atoms with Crippen molar-refractivity contribution in [2.45, 2.75) is 25.8 Å². The first-order valence-electron chi connectivity index (χ1n) is 5.85. The van der Waals surface area contributed by atoms with Gasteiger partial charge in [0.05, 0.1) is 17.4 Å². The van der Waals surface area contributed by atoms with Crippen molar-refractivity contribution < 1.29 is 4.92 Å². The van der Waals surface area contributed by atoms with E-state index in [1.165, 1.54) is 12.1 Å². The molecule has 0 aromatic heterocycles. The minimum absolute atomic E-state index is 0.116. The Morgan fingerprint density at radius 3 is 2.56 bits per heavy atom. The zero-order valence-corrected chi connectivity index (χ0v) is 10.7. The first-order valence-corrected chi connectivity index (χ1v) is 5.85. The molecule has 0 saturated heterocycles. The molecule has 0 aliphatic carbocycles. The van der Waals surface area contributed by atoms with E-state index >= 15 is 0 Å². The number of nitro groups is 1. The lowest BCUT2D eigenvalue weighted by Crippen LogP contribution is -2.30. The molecule has 1 rings (SSSR count). The van der Waals surface area contributed by atoms with Gasteiger partial charge in [-0.15, -0.1) is 0 Å². The highest BCUT2D eigenvalue weighted by Crippen LogP contribution is 2.12. The molecule has 96 valence electrons. The number of benzene rings is 1. The van der Waals surface area contributed by atoms with Crippen LogP contribution in [0, 0.1) is 21.4 Å². The molecule has 1 atom stereocenters. The molecule has 0 saturated carbocycles. The number of non-ortho nitro benzene ring substituents is 1. The fraction of sp³-hybridized carbons (Fsp3) is 0.462. The normalized spacial score (nSPS) is 12.1. The molecule has 0 aliphatic heterocycles. The van der Waals surface area contributed by atoms with Crippen molar-refractivity contribution in [3.63, 3.8) is 0 Å². The Hall–Kier alpha value is -1.93. The molecule has 0 heterocycles. The van der Waals surface area contributed by atoms with Gasteiger partial charge in [0, 0.05) is 24.7 Å². The van der Waals surface area contributed by atoms with E-state index in [-0.39, 0.29) is 11.7 Å². The van der Waals surface area contributed by atoms with Gasteiger partial charge in [0.15, 0.2) is 0 Å². The maximum absolute atomic E-state index is 10.5. The predicted molar refractivity (Wildman–Crippen MR) is 69.1 cm³/mol. The quantitative estimate of drug-likeness (QED) is 0.571. The monoisotopic (exact) mass is 247 g/mol. The number of nitrogens with zero attached hydrogens (tertiary/aromatic N) is 3. The Morgan fingerprint density at radius 1 is 1.44 bits per heavy atom. The first kappa shape index (κ1) is 14.1. The summed E-state index contributed by atoms with van der Waals surface area (Å²) in [7, 11) is 1.98. The van der Waals surface area contributed by atoms with E-state index in [1.54, 1.807) is 12.1 Å². The third-order valence-electron chi connectivity index (χ3n) is 3.04. The second kappa shape index (κ2) is 6.72. The summed E-state index contributed by atoms with van der Waals surface area (Å²) >= 11 is 0. The lowest BCUT2D eigenvalue weighted by molar-refractivity contribution is -0.384. The molecule has 0 fully saturated rings. The van der Waals surface area contributed by atoms with Gasteiger partial charge >= 0.3 is 0 Å². The van der Waals surface area contributed by atoms with Gasteiger partial charge in [0.1, 0.15) is 0 Å². The summed E-state index contributed by atoms with van der Waals surface area (Å²) < 4.78 is 0. The molecule has 1 unspecified atom stereocenters. The third kappa shape index (κ3) is 4.15. The number of likely N-dealkylation sites (N-methyl/N-ethyl adjacent to an activating group) is 1. The summed E-state index contributed by atoms with van der Waals surface area (Å²) in [5.74, 6) is 0. The molecule has 5 heteroatoms. The molecule has 0 N–H and O–H groups in total. The van der Waals surface area contributed by atoms with Crippen LogP contribution < -0.4 is 0 Å². The molecule has 1 aromatic rings. The zero-order chi connectivity index (χ0) is 13.5.